The zero-order valence-electron chi connectivity index (χ0n) is 11.2. The molecule has 1 atom stereocenters. The Morgan fingerprint density at radius 1 is 1.47 bits per heavy atom. The van der Waals surface area contributed by atoms with Crippen LogP contribution in [0.5, 0.6) is 0 Å². The Kier molecular flexibility index (Phi) is 5.11. The first-order chi connectivity index (χ1) is 8.56. The fourth-order valence-corrected chi connectivity index (χ4v) is 2.58. The number of rotatable bonds is 2. The molecule has 1 unspecified atom stereocenters. The summed E-state index contributed by atoms with van der Waals surface area (Å²) in [6.45, 7) is 3.78. The van der Waals surface area contributed by atoms with Crippen LogP contribution in [-0.2, 0) is 12.8 Å². The fraction of sp³-hybridized carbons (Fsp3) is 0.615. The van der Waals surface area contributed by atoms with Gasteiger partial charge in [-0.1, -0.05) is 13.3 Å². The maximum Gasteiger partial charge on any atom is 0.343 e. The summed E-state index contributed by atoms with van der Waals surface area (Å²) in [4.78, 5) is 28.0. The van der Waals surface area contributed by atoms with Crippen LogP contribution < -0.4 is 5.56 Å². The van der Waals surface area contributed by atoms with Crippen LogP contribution in [0.1, 0.15) is 61.0 Å². The van der Waals surface area contributed by atoms with Gasteiger partial charge in [0.2, 0.25) is 0 Å². The Morgan fingerprint density at radius 3 is 2.74 bits per heavy atom. The molecule has 1 aromatic rings. The summed E-state index contributed by atoms with van der Waals surface area (Å²) in [5, 5.41) is 9.18. The lowest BCUT2D eigenvalue weighted by Crippen LogP contribution is -2.33. The van der Waals surface area contributed by atoms with Crippen molar-refractivity contribution in [1.82, 2.24) is 9.55 Å². The van der Waals surface area contributed by atoms with Crippen molar-refractivity contribution in [3.8, 4) is 0 Å². The highest BCUT2D eigenvalue weighted by Gasteiger charge is 2.24. The molecule has 1 aliphatic heterocycles. The third-order valence-electron chi connectivity index (χ3n) is 3.53. The van der Waals surface area contributed by atoms with E-state index in [-0.39, 0.29) is 24.0 Å². The first-order valence-corrected chi connectivity index (χ1v) is 6.43. The Morgan fingerprint density at radius 2 is 2.16 bits per heavy atom. The molecular weight excluding hydrogens is 268 g/mol. The van der Waals surface area contributed by atoms with E-state index < -0.39 is 11.5 Å². The summed E-state index contributed by atoms with van der Waals surface area (Å²) in [7, 11) is 0. The summed E-state index contributed by atoms with van der Waals surface area (Å²) in [5.41, 5.74) is -0.137. The van der Waals surface area contributed by atoms with Crippen molar-refractivity contribution < 1.29 is 9.90 Å². The van der Waals surface area contributed by atoms with E-state index in [1.165, 1.54) is 0 Å². The molecule has 0 aliphatic carbocycles. The number of hydrogen-bond acceptors (Lipinski definition) is 3. The molecule has 2 rings (SSSR count). The number of carboxylic acid groups (broad SMARTS) is 1. The number of fused-ring (bicyclic) bond motifs is 1. The van der Waals surface area contributed by atoms with E-state index in [9.17, 15) is 14.7 Å². The Bertz CT molecular complexity index is 539. The minimum atomic E-state index is -1.17. The molecule has 0 spiro atoms. The smallest absolute Gasteiger partial charge is 0.343 e. The quantitative estimate of drug-likeness (QED) is 0.905. The van der Waals surface area contributed by atoms with Gasteiger partial charge in [-0.25, -0.2) is 9.78 Å². The van der Waals surface area contributed by atoms with E-state index in [4.69, 9.17) is 0 Å². The topological polar surface area (TPSA) is 72.2 Å². The van der Waals surface area contributed by atoms with E-state index in [0.29, 0.717) is 12.1 Å². The maximum absolute atomic E-state index is 12.3. The van der Waals surface area contributed by atoms with Crippen LogP contribution in [0, 0.1) is 0 Å². The summed E-state index contributed by atoms with van der Waals surface area (Å²) in [6, 6.07) is 0.0338. The number of aromatic nitrogens is 2. The van der Waals surface area contributed by atoms with Crippen molar-refractivity contribution in [3.63, 3.8) is 0 Å². The van der Waals surface area contributed by atoms with Crippen LogP contribution in [0.2, 0.25) is 0 Å². The fourth-order valence-electron chi connectivity index (χ4n) is 2.58. The lowest BCUT2D eigenvalue weighted by Gasteiger charge is -2.17. The third-order valence-corrected chi connectivity index (χ3v) is 3.53. The summed E-state index contributed by atoms with van der Waals surface area (Å²) in [6.07, 6.45) is 4.19. The van der Waals surface area contributed by atoms with Crippen molar-refractivity contribution >= 4 is 18.4 Å². The molecule has 1 aliphatic rings. The van der Waals surface area contributed by atoms with E-state index in [0.717, 1.165) is 31.5 Å². The summed E-state index contributed by atoms with van der Waals surface area (Å²) >= 11 is 0. The Hall–Kier alpha value is -1.36. The van der Waals surface area contributed by atoms with Crippen LogP contribution in [0.25, 0.3) is 0 Å². The molecule has 1 N–H and O–H groups in total. The number of carbonyl (C=O) groups is 1. The van der Waals surface area contributed by atoms with Gasteiger partial charge >= 0.3 is 5.97 Å². The lowest BCUT2D eigenvalue weighted by molar-refractivity contribution is 0.0692. The molecule has 6 heteroatoms. The number of nitrogens with zero attached hydrogens (tertiary/aromatic N) is 2. The largest absolute Gasteiger partial charge is 0.477 e. The van der Waals surface area contributed by atoms with Crippen LogP contribution in [0.4, 0.5) is 0 Å². The molecule has 106 valence electrons. The molecule has 0 amide bonds. The molecule has 1 aromatic heterocycles. The van der Waals surface area contributed by atoms with E-state index in [2.05, 4.69) is 4.98 Å². The highest BCUT2D eigenvalue weighted by atomic mass is 35.5. The number of aromatic carboxylic acids is 1. The predicted molar refractivity (Wildman–Crippen MR) is 74.3 cm³/mol. The zero-order chi connectivity index (χ0) is 13.3. The number of halogens is 1. The first kappa shape index (κ1) is 15.7. The van der Waals surface area contributed by atoms with Gasteiger partial charge in [0, 0.05) is 12.5 Å². The van der Waals surface area contributed by atoms with E-state index in [1.54, 1.807) is 4.57 Å². The third kappa shape index (κ3) is 2.81. The van der Waals surface area contributed by atoms with Gasteiger partial charge in [0.25, 0.3) is 5.56 Å². The number of hydrogen-bond donors (Lipinski definition) is 1. The Balaban J connectivity index is 0.00000180. The first-order valence-electron chi connectivity index (χ1n) is 6.43. The second kappa shape index (κ2) is 6.19. The molecular formula is C13H19ClN2O3. The van der Waals surface area contributed by atoms with Gasteiger partial charge in [-0.2, -0.15) is 0 Å². The van der Waals surface area contributed by atoms with Crippen molar-refractivity contribution in [2.75, 3.05) is 0 Å². The average Bonchev–Trinajstić information content (AvgIpc) is 2.50. The number of aryl methyl sites for hydroxylation is 2. The second-order valence-corrected chi connectivity index (χ2v) is 4.78. The molecule has 0 saturated carbocycles. The van der Waals surface area contributed by atoms with Crippen LogP contribution in [0.3, 0.4) is 0 Å². The molecule has 2 heterocycles. The van der Waals surface area contributed by atoms with Crippen molar-refractivity contribution in [1.29, 1.82) is 0 Å². The summed E-state index contributed by atoms with van der Waals surface area (Å²) < 4.78 is 1.58. The van der Waals surface area contributed by atoms with E-state index >= 15 is 0 Å². The van der Waals surface area contributed by atoms with Gasteiger partial charge in [-0.05, 0) is 26.2 Å². The van der Waals surface area contributed by atoms with E-state index in [1.807, 2.05) is 13.8 Å². The Labute approximate surface area is 118 Å². The minimum Gasteiger partial charge on any atom is -0.477 e. The number of carboxylic acids is 1. The van der Waals surface area contributed by atoms with Crippen LogP contribution in [-0.4, -0.2) is 20.6 Å². The highest BCUT2D eigenvalue weighted by molar-refractivity contribution is 5.88. The molecule has 0 aromatic carbocycles. The van der Waals surface area contributed by atoms with Crippen molar-refractivity contribution in [2.24, 2.45) is 0 Å². The molecule has 0 saturated heterocycles. The van der Waals surface area contributed by atoms with Gasteiger partial charge in [-0.15, -0.1) is 12.4 Å². The molecule has 0 radical (unpaired) electrons. The van der Waals surface area contributed by atoms with Crippen molar-refractivity contribution in [3.05, 3.63) is 27.4 Å². The lowest BCUT2D eigenvalue weighted by atomic mass is 10.1. The monoisotopic (exact) mass is 286 g/mol. The predicted octanol–water partition coefficient (Wildman–Crippen LogP) is 2.21. The maximum atomic E-state index is 12.3. The highest BCUT2D eigenvalue weighted by Crippen LogP contribution is 2.21. The van der Waals surface area contributed by atoms with Crippen LogP contribution >= 0.6 is 12.4 Å². The van der Waals surface area contributed by atoms with Crippen molar-refractivity contribution in [2.45, 2.75) is 52.0 Å². The molecule has 5 nitrogen and oxygen atoms in total. The van der Waals surface area contributed by atoms with Gasteiger partial charge in [0.1, 0.15) is 11.4 Å². The van der Waals surface area contributed by atoms with Crippen LogP contribution in [0.15, 0.2) is 4.79 Å². The minimum absolute atomic E-state index is 0. The molecule has 19 heavy (non-hydrogen) atoms. The van der Waals surface area contributed by atoms with Gasteiger partial charge in [0.05, 0.1) is 5.69 Å². The van der Waals surface area contributed by atoms with Gasteiger partial charge < -0.3 is 5.11 Å². The zero-order valence-corrected chi connectivity index (χ0v) is 12.0. The molecule has 0 bridgehead atoms. The average molecular weight is 287 g/mol. The summed E-state index contributed by atoms with van der Waals surface area (Å²) in [5.74, 6) is -0.428. The normalized spacial score (nSPS) is 18.1. The van der Waals surface area contributed by atoms with Gasteiger partial charge in [0.15, 0.2) is 0 Å². The van der Waals surface area contributed by atoms with Gasteiger partial charge in [-0.3, -0.25) is 9.36 Å². The standard InChI is InChI=1S/C13H18N2O3.ClH/c1-3-9-11(13(17)18)12(16)15-8(2)6-4-5-7-10(15)14-9;/h8H,3-7H2,1-2H3,(H,17,18);1H. The SMILES string of the molecule is CCc1nc2n(c(=O)c1C(=O)O)C(C)CCCC2.Cl. The second-order valence-electron chi connectivity index (χ2n) is 4.78. The molecule has 0 fully saturated rings.